The number of aliphatic hydroxyl groups is 1. The molecular weight excluding hydrogens is 291 g/mol. The molecule has 0 spiro atoms. The third-order valence-electron chi connectivity index (χ3n) is 2.66. The summed E-state index contributed by atoms with van der Waals surface area (Å²) in [5.74, 6) is 0. The average molecular weight is 302 g/mol. The maximum atomic E-state index is 10.2. The van der Waals surface area contributed by atoms with Crippen molar-refractivity contribution in [1.29, 1.82) is 0 Å². The smallest absolute Gasteiger partial charge is 0.0845 e. The minimum atomic E-state index is -0.683. The molecule has 2 aromatic carbocycles. The zero-order chi connectivity index (χ0) is 13.1. The Kier molecular flexibility index (Phi) is 4.52. The number of rotatable bonds is 3. The van der Waals surface area contributed by atoms with Gasteiger partial charge in [0.2, 0.25) is 0 Å². The molecule has 18 heavy (non-hydrogen) atoms. The first kappa shape index (κ1) is 13.7. The normalized spacial score (nSPS) is 12.4. The summed E-state index contributed by atoms with van der Waals surface area (Å²) in [6.45, 7) is 0. The van der Waals surface area contributed by atoms with Gasteiger partial charge in [-0.25, -0.2) is 0 Å². The lowest BCUT2D eigenvalue weighted by Crippen LogP contribution is -2.02. The number of hydrogen-bond donors (Lipinski definition) is 1. The van der Waals surface area contributed by atoms with Gasteiger partial charge in [-0.15, -0.1) is 0 Å². The maximum Gasteiger partial charge on any atom is 0.0845 e. The van der Waals surface area contributed by atoms with E-state index >= 15 is 0 Å². The molecule has 0 aromatic heterocycles. The fraction of sp³-hybridized carbons (Fsp3) is 0.143. The summed E-state index contributed by atoms with van der Waals surface area (Å²) in [6, 6.07) is 12.4. The van der Waals surface area contributed by atoms with Crippen molar-refractivity contribution in [2.24, 2.45) is 0 Å². The molecule has 1 unspecified atom stereocenters. The van der Waals surface area contributed by atoms with Crippen molar-refractivity contribution in [3.63, 3.8) is 0 Å². The van der Waals surface area contributed by atoms with E-state index in [-0.39, 0.29) is 0 Å². The molecule has 0 aliphatic carbocycles. The van der Waals surface area contributed by atoms with Crippen LogP contribution in [0.3, 0.4) is 0 Å². The molecule has 4 heteroatoms. The van der Waals surface area contributed by atoms with Crippen LogP contribution in [0.15, 0.2) is 42.5 Å². The highest BCUT2D eigenvalue weighted by atomic mass is 35.5. The second-order valence-electron chi connectivity index (χ2n) is 4.01. The summed E-state index contributed by atoms with van der Waals surface area (Å²) in [5, 5.41) is 11.9. The molecule has 0 aliphatic rings. The molecule has 0 fully saturated rings. The van der Waals surface area contributed by atoms with E-state index in [2.05, 4.69) is 0 Å². The van der Waals surface area contributed by atoms with Gasteiger partial charge < -0.3 is 5.11 Å². The minimum Gasteiger partial charge on any atom is -0.388 e. The summed E-state index contributed by atoms with van der Waals surface area (Å²) in [4.78, 5) is 0. The largest absolute Gasteiger partial charge is 0.388 e. The van der Waals surface area contributed by atoms with E-state index in [4.69, 9.17) is 34.8 Å². The zero-order valence-electron chi connectivity index (χ0n) is 9.41. The van der Waals surface area contributed by atoms with Gasteiger partial charge in [0.1, 0.15) is 0 Å². The molecule has 1 nitrogen and oxygen atoms in total. The molecule has 1 N–H and O–H groups in total. The first-order chi connectivity index (χ1) is 8.56. The van der Waals surface area contributed by atoms with Gasteiger partial charge >= 0.3 is 0 Å². The topological polar surface area (TPSA) is 20.2 Å². The first-order valence-electron chi connectivity index (χ1n) is 5.44. The molecule has 0 amide bonds. The van der Waals surface area contributed by atoms with Crippen LogP contribution in [0.25, 0.3) is 0 Å². The Bertz CT molecular complexity index is 537. The highest BCUT2D eigenvalue weighted by Crippen LogP contribution is 2.28. The van der Waals surface area contributed by atoms with Gasteiger partial charge in [-0.2, -0.15) is 0 Å². The van der Waals surface area contributed by atoms with Crippen molar-refractivity contribution in [3.05, 3.63) is 68.7 Å². The first-order valence-corrected chi connectivity index (χ1v) is 6.57. The van der Waals surface area contributed by atoms with E-state index in [0.717, 1.165) is 5.56 Å². The summed E-state index contributed by atoms with van der Waals surface area (Å²) in [7, 11) is 0. The van der Waals surface area contributed by atoms with Crippen molar-refractivity contribution < 1.29 is 5.11 Å². The summed E-state index contributed by atoms with van der Waals surface area (Å²) in [6.07, 6.45) is -0.214. The molecule has 0 aliphatic heterocycles. The predicted molar refractivity (Wildman–Crippen MR) is 76.6 cm³/mol. The van der Waals surface area contributed by atoms with Crippen molar-refractivity contribution in [3.8, 4) is 0 Å². The van der Waals surface area contributed by atoms with E-state index in [1.165, 1.54) is 0 Å². The predicted octanol–water partition coefficient (Wildman–Crippen LogP) is 4.92. The van der Waals surface area contributed by atoms with E-state index in [0.29, 0.717) is 27.1 Å². The fourth-order valence-corrected chi connectivity index (χ4v) is 2.27. The van der Waals surface area contributed by atoms with Crippen molar-refractivity contribution >= 4 is 34.8 Å². The SMILES string of the molecule is OC(Cc1ccc(Cl)cc1)c1cc(Cl)ccc1Cl. The Balaban J connectivity index is 2.18. The van der Waals surface area contributed by atoms with Crippen LogP contribution in [0.4, 0.5) is 0 Å². The van der Waals surface area contributed by atoms with Crippen molar-refractivity contribution in [1.82, 2.24) is 0 Å². The van der Waals surface area contributed by atoms with E-state index in [1.54, 1.807) is 30.3 Å². The average Bonchev–Trinajstić information content (AvgIpc) is 2.35. The van der Waals surface area contributed by atoms with Crippen LogP contribution in [0.1, 0.15) is 17.2 Å². The second-order valence-corrected chi connectivity index (χ2v) is 5.29. The summed E-state index contributed by atoms with van der Waals surface area (Å²) < 4.78 is 0. The fourth-order valence-electron chi connectivity index (χ4n) is 1.72. The third-order valence-corrected chi connectivity index (χ3v) is 3.49. The van der Waals surface area contributed by atoms with Crippen molar-refractivity contribution in [2.75, 3.05) is 0 Å². The molecule has 0 heterocycles. The lowest BCUT2D eigenvalue weighted by Gasteiger charge is -2.13. The Morgan fingerprint density at radius 2 is 1.50 bits per heavy atom. The molecule has 0 saturated carbocycles. The standard InChI is InChI=1S/C14H11Cl3O/c15-10-3-1-9(2-4-10)7-14(18)12-8-11(16)5-6-13(12)17/h1-6,8,14,18H,7H2. The summed E-state index contributed by atoms with van der Waals surface area (Å²) in [5.41, 5.74) is 1.63. The van der Waals surface area contributed by atoms with Gasteiger partial charge in [-0.05, 0) is 35.9 Å². The molecule has 0 radical (unpaired) electrons. The maximum absolute atomic E-state index is 10.2. The Hall–Kier alpha value is -0.730. The van der Waals surface area contributed by atoms with Crippen LogP contribution in [-0.2, 0) is 6.42 Å². The molecule has 0 bridgehead atoms. The Morgan fingerprint density at radius 1 is 0.889 bits per heavy atom. The number of hydrogen-bond acceptors (Lipinski definition) is 1. The molecule has 2 aromatic rings. The Labute approximate surface area is 121 Å². The third kappa shape index (κ3) is 3.39. The summed E-state index contributed by atoms with van der Waals surface area (Å²) >= 11 is 17.8. The van der Waals surface area contributed by atoms with E-state index in [1.807, 2.05) is 12.1 Å². The molecular formula is C14H11Cl3O. The van der Waals surface area contributed by atoms with Gasteiger partial charge in [0.25, 0.3) is 0 Å². The van der Waals surface area contributed by atoms with Gasteiger partial charge in [-0.1, -0.05) is 46.9 Å². The van der Waals surface area contributed by atoms with E-state index < -0.39 is 6.10 Å². The van der Waals surface area contributed by atoms with Crippen molar-refractivity contribution in [2.45, 2.75) is 12.5 Å². The number of aliphatic hydroxyl groups excluding tert-OH is 1. The molecule has 94 valence electrons. The monoisotopic (exact) mass is 300 g/mol. The second kappa shape index (κ2) is 5.94. The van der Waals surface area contributed by atoms with Gasteiger partial charge in [0.05, 0.1) is 6.10 Å². The lowest BCUT2D eigenvalue weighted by molar-refractivity contribution is 0.178. The lowest BCUT2D eigenvalue weighted by atomic mass is 10.0. The zero-order valence-corrected chi connectivity index (χ0v) is 11.7. The van der Waals surface area contributed by atoms with Gasteiger partial charge in [-0.3, -0.25) is 0 Å². The highest BCUT2D eigenvalue weighted by molar-refractivity contribution is 6.33. The van der Waals surface area contributed by atoms with Crippen LogP contribution in [-0.4, -0.2) is 5.11 Å². The van der Waals surface area contributed by atoms with Crippen LogP contribution in [0, 0.1) is 0 Å². The minimum absolute atomic E-state index is 0.469. The van der Waals surface area contributed by atoms with Crippen LogP contribution in [0.2, 0.25) is 15.1 Å². The van der Waals surface area contributed by atoms with Gasteiger partial charge in [0.15, 0.2) is 0 Å². The van der Waals surface area contributed by atoms with Gasteiger partial charge in [0, 0.05) is 27.1 Å². The molecule has 1 atom stereocenters. The number of benzene rings is 2. The van der Waals surface area contributed by atoms with Crippen LogP contribution >= 0.6 is 34.8 Å². The molecule has 0 saturated heterocycles. The van der Waals surface area contributed by atoms with Crippen LogP contribution in [0.5, 0.6) is 0 Å². The van der Waals surface area contributed by atoms with E-state index in [9.17, 15) is 5.11 Å². The Morgan fingerprint density at radius 3 is 2.17 bits per heavy atom. The number of halogens is 3. The molecule has 2 rings (SSSR count). The quantitative estimate of drug-likeness (QED) is 0.853. The highest BCUT2D eigenvalue weighted by Gasteiger charge is 2.13. The van der Waals surface area contributed by atoms with Crippen LogP contribution < -0.4 is 0 Å².